The average molecular weight is 350 g/mol. The van der Waals surface area contributed by atoms with Gasteiger partial charge < -0.3 is 14.2 Å². The lowest BCUT2D eigenvalue weighted by atomic mass is 10.2. The molecule has 132 valence electrons. The molecule has 0 radical (unpaired) electrons. The van der Waals surface area contributed by atoms with Gasteiger partial charge in [0.1, 0.15) is 0 Å². The minimum atomic E-state index is -3.02. The summed E-state index contributed by atoms with van der Waals surface area (Å²) in [6, 6.07) is 11.4. The van der Waals surface area contributed by atoms with Crippen LogP contribution < -0.4 is 19.6 Å². The van der Waals surface area contributed by atoms with Crippen molar-refractivity contribution in [3.05, 3.63) is 53.6 Å². The SMILES string of the molecule is COc1cc(/C=N\NC(=O)c2ccccc2)cc(OC)c1OC(F)F. The summed E-state index contributed by atoms with van der Waals surface area (Å²) in [6.07, 6.45) is 1.33. The van der Waals surface area contributed by atoms with Gasteiger partial charge in [-0.1, -0.05) is 18.2 Å². The lowest BCUT2D eigenvalue weighted by Gasteiger charge is -2.14. The second kappa shape index (κ2) is 8.62. The lowest BCUT2D eigenvalue weighted by Crippen LogP contribution is -2.17. The molecule has 0 unspecified atom stereocenters. The summed E-state index contributed by atoms with van der Waals surface area (Å²) in [5.41, 5.74) is 3.28. The molecule has 2 aromatic rings. The van der Waals surface area contributed by atoms with Crippen LogP contribution in [0.2, 0.25) is 0 Å². The molecule has 0 aliphatic heterocycles. The van der Waals surface area contributed by atoms with Crippen LogP contribution in [-0.4, -0.2) is 33.0 Å². The Labute approximate surface area is 143 Å². The first-order chi connectivity index (χ1) is 12.0. The minimum absolute atomic E-state index is 0.0514. The molecule has 6 nitrogen and oxygen atoms in total. The van der Waals surface area contributed by atoms with Gasteiger partial charge in [-0.15, -0.1) is 0 Å². The summed E-state index contributed by atoms with van der Waals surface area (Å²) >= 11 is 0. The molecular weight excluding hydrogens is 334 g/mol. The van der Waals surface area contributed by atoms with Crippen molar-refractivity contribution in [2.45, 2.75) is 6.61 Å². The van der Waals surface area contributed by atoms with Gasteiger partial charge in [0.2, 0.25) is 5.75 Å². The number of hydrogen-bond acceptors (Lipinski definition) is 5. The van der Waals surface area contributed by atoms with E-state index >= 15 is 0 Å². The molecule has 0 saturated heterocycles. The smallest absolute Gasteiger partial charge is 0.387 e. The van der Waals surface area contributed by atoms with Crippen molar-refractivity contribution < 1.29 is 27.8 Å². The van der Waals surface area contributed by atoms with Gasteiger partial charge in [-0.2, -0.15) is 13.9 Å². The third-order valence-corrected chi connectivity index (χ3v) is 3.11. The summed E-state index contributed by atoms with van der Waals surface area (Å²) in [7, 11) is 2.62. The average Bonchev–Trinajstić information content (AvgIpc) is 2.62. The number of nitrogens with zero attached hydrogens (tertiary/aromatic N) is 1. The van der Waals surface area contributed by atoms with Gasteiger partial charge in [0.15, 0.2) is 11.5 Å². The number of carbonyl (C=O) groups is 1. The lowest BCUT2D eigenvalue weighted by molar-refractivity contribution is -0.0526. The molecule has 0 heterocycles. The Balaban J connectivity index is 2.17. The summed E-state index contributed by atoms with van der Waals surface area (Å²) in [5.74, 6) is -0.495. The third-order valence-electron chi connectivity index (χ3n) is 3.11. The quantitative estimate of drug-likeness (QED) is 0.615. The van der Waals surface area contributed by atoms with Crippen molar-refractivity contribution in [3.63, 3.8) is 0 Å². The highest BCUT2D eigenvalue weighted by Gasteiger charge is 2.17. The van der Waals surface area contributed by atoms with Gasteiger partial charge >= 0.3 is 6.61 Å². The van der Waals surface area contributed by atoms with Crippen LogP contribution in [-0.2, 0) is 0 Å². The molecule has 1 N–H and O–H groups in total. The molecule has 2 rings (SSSR count). The van der Waals surface area contributed by atoms with E-state index in [0.29, 0.717) is 11.1 Å². The van der Waals surface area contributed by atoms with Crippen molar-refractivity contribution in [2.75, 3.05) is 14.2 Å². The third kappa shape index (κ3) is 4.90. The number of hydrazone groups is 1. The molecular formula is C17H16F2N2O4. The number of benzene rings is 2. The van der Waals surface area contributed by atoms with E-state index in [2.05, 4.69) is 15.3 Å². The fourth-order valence-electron chi connectivity index (χ4n) is 2.00. The number of rotatable bonds is 7. The zero-order valence-corrected chi connectivity index (χ0v) is 13.5. The monoisotopic (exact) mass is 350 g/mol. The van der Waals surface area contributed by atoms with Gasteiger partial charge in [0.25, 0.3) is 5.91 Å². The van der Waals surface area contributed by atoms with E-state index in [1.807, 2.05) is 0 Å². The molecule has 25 heavy (non-hydrogen) atoms. The molecule has 0 bridgehead atoms. The number of hydrogen-bond donors (Lipinski definition) is 1. The van der Waals surface area contributed by atoms with E-state index in [-0.39, 0.29) is 23.2 Å². The van der Waals surface area contributed by atoms with E-state index in [0.717, 1.165) is 0 Å². The predicted octanol–water partition coefficient (Wildman–Crippen LogP) is 3.07. The molecule has 0 fully saturated rings. The van der Waals surface area contributed by atoms with E-state index in [1.54, 1.807) is 30.3 Å². The standard InChI is InChI=1S/C17H16F2N2O4/c1-23-13-8-11(9-14(24-2)15(13)25-17(18)19)10-20-21-16(22)12-6-4-3-5-7-12/h3-10,17H,1-2H3,(H,21,22)/b20-10-. The first-order valence-corrected chi connectivity index (χ1v) is 7.14. The largest absolute Gasteiger partial charge is 0.493 e. The molecule has 0 aliphatic rings. The fourth-order valence-corrected chi connectivity index (χ4v) is 2.00. The molecule has 0 atom stereocenters. The maximum atomic E-state index is 12.5. The van der Waals surface area contributed by atoms with Gasteiger partial charge in [-0.05, 0) is 24.3 Å². The van der Waals surface area contributed by atoms with Crippen molar-refractivity contribution in [1.29, 1.82) is 0 Å². The molecule has 0 spiro atoms. The molecule has 8 heteroatoms. The molecule has 1 amide bonds. The van der Waals surface area contributed by atoms with Crippen LogP contribution in [0.25, 0.3) is 0 Å². The number of ether oxygens (including phenoxy) is 3. The Morgan fingerprint density at radius 3 is 2.24 bits per heavy atom. The highest BCUT2D eigenvalue weighted by Crippen LogP contribution is 2.39. The Kier molecular flexibility index (Phi) is 6.27. The summed E-state index contributed by atoms with van der Waals surface area (Å²) in [5, 5.41) is 3.83. The Bertz CT molecular complexity index is 727. The van der Waals surface area contributed by atoms with Gasteiger partial charge in [-0.25, -0.2) is 5.43 Å². The van der Waals surface area contributed by atoms with Crippen molar-refractivity contribution in [3.8, 4) is 17.2 Å². The Hall–Kier alpha value is -3.16. The van der Waals surface area contributed by atoms with E-state index in [9.17, 15) is 13.6 Å². The van der Waals surface area contributed by atoms with Crippen molar-refractivity contribution in [1.82, 2.24) is 5.43 Å². The number of amides is 1. The predicted molar refractivity (Wildman–Crippen MR) is 87.7 cm³/mol. The normalized spacial score (nSPS) is 10.8. The number of alkyl halides is 2. The van der Waals surface area contributed by atoms with Crippen molar-refractivity contribution >= 4 is 12.1 Å². The summed E-state index contributed by atoms with van der Waals surface area (Å²) in [4.78, 5) is 11.9. The molecule has 0 saturated carbocycles. The first kappa shape index (κ1) is 18.2. The van der Waals surface area contributed by atoms with E-state index in [4.69, 9.17) is 9.47 Å². The highest BCUT2D eigenvalue weighted by molar-refractivity contribution is 5.94. The van der Waals surface area contributed by atoms with Crippen LogP contribution in [0.3, 0.4) is 0 Å². The van der Waals surface area contributed by atoms with Crippen LogP contribution in [0.15, 0.2) is 47.6 Å². The first-order valence-electron chi connectivity index (χ1n) is 7.14. The maximum absolute atomic E-state index is 12.5. The number of methoxy groups -OCH3 is 2. The molecule has 0 aromatic heterocycles. The van der Waals surface area contributed by atoms with E-state index < -0.39 is 6.61 Å². The van der Waals surface area contributed by atoms with Crippen molar-refractivity contribution in [2.24, 2.45) is 5.10 Å². The maximum Gasteiger partial charge on any atom is 0.387 e. The fraction of sp³-hybridized carbons (Fsp3) is 0.176. The summed E-state index contributed by atoms with van der Waals surface area (Å²) in [6.45, 7) is -3.02. The number of halogens is 2. The molecule has 2 aromatic carbocycles. The minimum Gasteiger partial charge on any atom is -0.493 e. The Morgan fingerprint density at radius 2 is 1.72 bits per heavy atom. The second-order valence-corrected chi connectivity index (χ2v) is 4.70. The van der Waals surface area contributed by atoms with Gasteiger partial charge in [0.05, 0.1) is 20.4 Å². The zero-order chi connectivity index (χ0) is 18.2. The zero-order valence-electron chi connectivity index (χ0n) is 13.5. The highest BCUT2D eigenvalue weighted by atomic mass is 19.3. The van der Waals surface area contributed by atoms with Crippen LogP contribution in [0, 0.1) is 0 Å². The summed E-state index contributed by atoms with van der Waals surface area (Å²) < 4.78 is 39.5. The molecule has 0 aliphatic carbocycles. The second-order valence-electron chi connectivity index (χ2n) is 4.70. The van der Waals surface area contributed by atoms with Crippen LogP contribution in [0.4, 0.5) is 8.78 Å². The van der Waals surface area contributed by atoms with Crippen LogP contribution in [0.5, 0.6) is 17.2 Å². The van der Waals surface area contributed by atoms with Gasteiger partial charge in [0, 0.05) is 11.1 Å². The van der Waals surface area contributed by atoms with Gasteiger partial charge in [-0.3, -0.25) is 4.79 Å². The van der Waals surface area contributed by atoms with Crippen LogP contribution >= 0.6 is 0 Å². The Morgan fingerprint density at radius 1 is 1.12 bits per heavy atom. The topological polar surface area (TPSA) is 69.2 Å². The number of nitrogens with one attached hydrogen (secondary N) is 1. The van der Waals surface area contributed by atoms with E-state index in [1.165, 1.54) is 32.6 Å². The van der Waals surface area contributed by atoms with Crippen LogP contribution in [0.1, 0.15) is 15.9 Å². The number of carbonyl (C=O) groups excluding carboxylic acids is 1.